The fourth-order valence-electron chi connectivity index (χ4n) is 4.69. The molecule has 1 aromatic carbocycles. The number of piperidine rings is 1. The van der Waals surface area contributed by atoms with Crippen molar-refractivity contribution in [2.45, 2.75) is 57.7 Å². The maximum absolute atomic E-state index is 11.7. The Morgan fingerprint density at radius 1 is 1.03 bits per heavy atom. The van der Waals surface area contributed by atoms with Gasteiger partial charge in [0.25, 0.3) is 0 Å². The maximum Gasteiger partial charge on any atom is 0.337 e. The van der Waals surface area contributed by atoms with Gasteiger partial charge in [-0.25, -0.2) is 14.8 Å². The summed E-state index contributed by atoms with van der Waals surface area (Å²) in [6.07, 6.45) is 3.83. The van der Waals surface area contributed by atoms with Gasteiger partial charge in [0.2, 0.25) is 5.95 Å². The van der Waals surface area contributed by atoms with Gasteiger partial charge in [0.15, 0.2) is 0 Å². The van der Waals surface area contributed by atoms with Gasteiger partial charge in [0, 0.05) is 28.2 Å². The van der Waals surface area contributed by atoms with Gasteiger partial charge in [-0.15, -0.1) is 11.3 Å². The Morgan fingerprint density at radius 2 is 1.69 bits per heavy atom. The Labute approximate surface area is 193 Å². The number of hydrogen-bond donors (Lipinski definition) is 2. The largest absolute Gasteiger partial charge is 0.465 e. The molecule has 3 heterocycles. The molecule has 4 rings (SSSR count). The predicted molar refractivity (Wildman–Crippen MR) is 130 cm³/mol. The molecule has 2 N–H and O–H groups in total. The van der Waals surface area contributed by atoms with E-state index in [4.69, 9.17) is 9.72 Å². The van der Waals surface area contributed by atoms with Crippen LogP contribution in [0.2, 0.25) is 0 Å². The smallest absolute Gasteiger partial charge is 0.337 e. The molecule has 1 aliphatic rings. The molecule has 6 nitrogen and oxygen atoms in total. The van der Waals surface area contributed by atoms with Crippen LogP contribution in [0, 0.1) is 0 Å². The minimum Gasteiger partial charge on any atom is -0.465 e. The van der Waals surface area contributed by atoms with Crippen molar-refractivity contribution in [2.24, 2.45) is 0 Å². The van der Waals surface area contributed by atoms with Crippen LogP contribution in [0.15, 0.2) is 48.7 Å². The molecule has 1 aliphatic heterocycles. The van der Waals surface area contributed by atoms with Crippen molar-refractivity contribution in [1.29, 1.82) is 0 Å². The number of ether oxygens (including phenoxy) is 1. The van der Waals surface area contributed by atoms with Crippen LogP contribution in [0.25, 0.3) is 21.0 Å². The van der Waals surface area contributed by atoms with Gasteiger partial charge in [-0.1, -0.05) is 12.1 Å². The number of rotatable bonds is 5. The van der Waals surface area contributed by atoms with Crippen LogP contribution in [-0.2, 0) is 4.74 Å². The zero-order valence-corrected chi connectivity index (χ0v) is 20.0. The SMILES string of the molecule is COC(=O)c1ccc(-c2ccc(-c3ccnc(NC4CC(C)(C)NC(C)(C)C4)n3)s2)cc1. The highest BCUT2D eigenvalue weighted by atomic mass is 32.1. The standard InChI is InChI=1S/C25H30N4O2S/c1-24(2)14-18(15-25(3,4)29-24)27-23-26-13-12-19(28-23)21-11-10-20(32-21)16-6-8-17(9-7-16)22(30)31-5/h6-13,18,29H,14-15H2,1-5H3,(H,26,27,28). The number of nitrogens with one attached hydrogen (secondary N) is 2. The third kappa shape index (κ3) is 5.16. The molecule has 0 bridgehead atoms. The minimum absolute atomic E-state index is 0.0586. The van der Waals surface area contributed by atoms with Gasteiger partial charge in [-0.3, -0.25) is 0 Å². The van der Waals surface area contributed by atoms with Gasteiger partial charge in [0.05, 0.1) is 23.2 Å². The van der Waals surface area contributed by atoms with Crippen LogP contribution in [0.5, 0.6) is 0 Å². The number of benzene rings is 1. The molecule has 1 saturated heterocycles. The highest BCUT2D eigenvalue weighted by Crippen LogP contribution is 2.34. The molecule has 0 saturated carbocycles. The van der Waals surface area contributed by atoms with Crippen LogP contribution in [-0.4, -0.2) is 40.2 Å². The Hall–Kier alpha value is -2.77. The lowest BCUT2D eigenvalue weighted by Crippen LogP contribution is -2.60. The van der Waals surface area contributed by atoms with E-state index in [1.807, 2.05) is 24.4 Å². The fraction of sp³-hybridized carbons (Fsp3) is 0.400. The topological polar surface area (TPSA) is 76.1 Å². The number of esters is 1. The van der Waals surface area contributed by atoms with Crippen molar-refractivity contribution in [3.05, 3.63) is 54.2 Å². The second-order valence-corrected chi connectivity index (χ2v) is 10.7. The van der Waals surface area contributed by atoms with E-state index in [9.17, 15) is 4.79 Å². The van der Waals surface area contributed by atoms with Crippen molar-refractivity contribution < 1.29 is 9.53 Å². The van der Waals surface area contributed by atoms with Crippen LogP contribution in [0.4, 0.5) is 5.95 Å². The van der Waals surface area contributed by atoms with E-state index in [1.54, 1.807) is 23.5 Å². The zero-order chi connectivity index (χ0) is 22.9. The minimum atomic E-state index is -0.329. The van der Waals surface area contributed by atoms with Crippen molar-refractivity contribution in [3.8, 4) is 21.0 Å². The second-order valence-electron chi connectivity index (χ2n) is 9.64. The van der Waals surface area contributed by atoms with Crippen LogP contribution < -0.4 is 10.6 Å². The average Bonchev–Trinajstić information content (AvgIpc) is 3.21. The summed E-state index contributed by atoms with van der Waals surface area (Å²) in [5.74, 6) is 0.336. The first-order valence-electron chi connectivity index (χ1n) is 10.8. The number of anilines is 1. The third-order valence-corrected chi connectivity index (χ3v) is 6.78. The summed E-state index contributed by atoms with van der Waals surface area (Å²) in [6.45, 7) is 8.96. The third-order valence-electron chi connectivity index (χ3n) is 5.63. The molecule has 7 heteroatoms. The summed E-state index contributed by atoms with van der Waals surface area (Å²) in [5, 5.41) is 7.27. The van der Waals surface area contributed by atoms with Crippen LogP contribution >= 0.6 is 11.3 Å². The normalized spacial score (nSPS) is 17.7. The van der Waals surface area contributed by atoms with E-state index in [2.05, 4.69) is 55.4 Å². The van der Waals surface area contributed by atoms with Crippen LogP contribution in [0.1, 0.15) is 50.9 Å². The lowest BCUT2D eigenvalue weighted by molar-refractivity contribution is 0.0600. The number of hydrogen-bond acceptors (Lipinski definition) is 7. The lowest BCUT2D eigenvalue weighted by Gasteiger charge is -2.46. The number of carbonyl (C=O) groups is 1. The van der Waals surface area contributed by atoms with E-state index >= 15 is 0 Å². The van der Waals surface area contributed by atoms with Gasteiger partial charge in [-0.05, 0) is 76.4 Å². The molecular weight excluding hydrogens is 420 g/mol. The van der Waals surface area contributed by atoms with Crippen molar-refractivity contribution >= 4 is 23.3 Å². The highest BCUT2D eigenvalue weighted by Gasteiger charge is 2.37. The number of carbonyl (C=O) groups excluding carboxylic acids is 1. The lowest BCUT2D eigenvalue weighted by atomic mass is 9.80. The molecule has 0 spiro atoms. The molecule has 32 heavy (non-hydrogen) atoms. The summed E-state index contributed by atoms with van der Waals surface area (Å²) >= 11 is 1.67. The summed E-state index contributed by atoms with van der Waals surface area (Å²) in [7, 11) is 1.39. The molecule has 0 unspecified atom stereocenters. The van der Waals surface area contributed by atoms with Crippen LogP contribution in [0.3, 0.4) is 0 Å². The van der Waals surface area contributed by atoms with Gasteiger partial charge >= 0.3 is 5.97 Å². The molecular formula is C25H30N4O2S. The van der Waals surface area contributed by atoms with Gasteiger partial charge in [-0.2, -0.15) is 0 Å². The quantitative estimate of drug-likeness (QED) is 0.508. The molecule has 0 amide bonds. The Morgan fingerprint density at radius 3 is 2.34 bits per heavy atom. The van der Waals surface area contributed by atoms with E-state index in [-0.39, 0.29) is 17.0 Å². The fourth-order valence-corrected chi connectivity index (χ4v) is 5.67. The van der Waals surface area contributed by atoms with Crippen molar-refractivity contribution in [1.82, 2.24) is 15.3 Å². The average molecular weight is 451 g/mol. The Balaban J connectivity index is 1.51. The molecule has 0 atom stereocenters. The summed E-state index contributed by atoms with van der Waals surface area (Å²) in [5.41, 5.74) is 2.62. The first kappa shape index (κ1) is 22.4. The molecule has 2 aromatic heterocycles. The summed E-state index contributed by atoms with van der Waals surface area (Å²) in [6, 6.07) is 13.9. The first-order chi connectivity index (χ1) is 15.1. The van der Waals surface area contributed by atoms with Gasteiger partial charge < -0.3 is 15.4 Å². The first-order valence-corrected chi connectivity index (χ1v) is 11.6. The van der Waals surface area contributed by atoms with Crippen molar-refractivity contribution in [2.75, 3.05) is 12.4 Å². The Bertz CT molecular complexity index is 1090. The van der Waals surface area contributed by atoms with Gasteiger partial charge in [0.1, 0.15) is 0 Å². The highest BCUT2D eigenvalue weighted by molar-refractivity contribution is 7.18. The van der Waals surface area contributed by atoms with E-state index < -0.39 is 0 Å². The monoisotopic (exact) mass is 450 g/mol. The molecule has 0 radical (unpaired) electrons. The summed E-state index contributed by atoms with van der Waals surface area (Å²) < 4.78 is 4.77. The number of methoxy groups -OCH3 is 1. The van der Waals surface area contributed by atoms with Crippen molar-refractivity contribution in [3.63, 3.8) is 0 Å². The number of aromatic nitrogens is 2. The van der Waals surface area contributed by atoms with E-state index in [0.29, 0.717) is 17.6 Å². The molecule has 0 aliphatic carbocycles. The molecule has 168 valence electrons. The second kappa shape index (κ2) is 8.64. The van der Waals surface area contributed by atoms with E-state index in [0.717, 1.165) is 33.9 Å². The molecule has 3 aromatic rings. The predicted octanol–water partition coefficient (Wildman–Crippen LogP) is 5.38. The number of nitrogens with zero attached hydrogens (tertiary/aromatic N) is 2. The maximum atomic E-state index is 11.7. The zero-order valence-electron chi connectivity index (χ0n) is 19.2. The summed E-state index contributed by atoms with van der Waals surface area (Å²) in [4.78, 5) is 23.1. The number of thiophene rings is 1. The molecule has 1 fully saturated rings. The van der Waals surface area contributed by atoms with E-state index in [1.165, 1.54) is 7.11 Å². The Kier molecular flexibility index (Phi) is 6.05.